The van der Waals surface area contributed by atoms with Gasteiger partial charge >= 0.3 is 5.97 Å². The van der Waals surface area contributed by atoms with E-state index in [4.69, 9.17) is 18.9 Å². The monoisotopic (exact) mass is 520 g/mol. The number of thiazole rings is 1. The maximum absolute atomic E-state index is 13.8. The zero-order chi connectivity index (χ0) is 26.1. The van der Waals surface area contributed by atoms with Crippen LogP contribution in [0.2, 0.25) is 0 Å². The molecule has 0 spiro atoms. The molecule has 9 heteroatoms. The maximum Gasteiger partial charge on any atom is 0.338 e. The van der Waals surface area contributed by atoms with Crippen LogP contribution in [0.3, 0.4) is 0 Å². The van der Waals surface area contributed by atoms with Crippen LogP contribution < -0.4 is 29.1 Å². The third-order valence-electron chi connectivity index (χ3n) is 5.95. The van der Waals surface area contributed by atoms with Gasteiger partial charge in [0.2, 0.25) is 0 Å². The van der Waals surface area contributed by atoms with Crippen LogP contribution >= 0.6 is 11.3 Å². The Morgan fingerprint density at radius 1 is 1.16 bits per heavy atom. The number of hydrogen-bond acceptors (Lipinski definition) is 8. The Bertz CT molecular complexity index is 1550. The van der Waals surface area contributed by atoms with Gasteiger partial charge in [-0.15, -0.1) is 0 Å². The molecule has 37 heavy (non-hydrogen) atoms. The first-order chi connectivity index (χ1) is 17.9. The lowest BCUT2D eigenvalue weighted by molar-refractivity contribution is -0.139. The van der Waals surface area contributed by atoms with Gasteiger partial charge in [0.05, 0.1) is 34.6 Å². The summed E-state index contributed by atoms with van der Waals surface area (Å²) in [5.74, 6) is 1.56. The van der Waals surface area contributed by atoms with Crippen molar-refractivity contribution in [2.45, 2.75) is 39.8 Å². The molecule has 1 aromatic heterocycles. The Balaban J connectivity index is 1.63. The summed E-state index contributed by atoms with van der Waals surface area (Å²) < 4.78 is 24.5. The van der Waals surface area contributed by atoms with Gasteiger partial charge in [0.15, 0.2) is 16.3 Å². The van der Waals surface area contributed by atoms with E-state index in [1.165, 1.54) is 11.3 Å². The van der Waals surface area contributed by atoms with Gasteiger partial charge in [-0.1, -0.05) is 29.5 Å². The van der Waals surface area contributed by atoms with Crippen molar-refractivity contribution in [3.8, 4) is 17.2 Å². The fraction of sp³-hybridized carbons (Fsp3) is 0.321. The topological polar surface area (TPSA) is 88.4 Å². The Morgan fingerprint density at radius 2 is 1.89 bits per heavy atom. The summed E-state index contributed by atoms with van der Waals surface area (Å²) in [4.78, 5) is 32.0. The fourth-order valence-electron chi connectivity index (χ4n) is 4.41. The number of esters is 1. The molecule has 3 aromatic rings. The van der Waals surface area contributed by atoms with E-state index in [0.29, 0.717) is 51.1 Å². The van der Waals surface area contributed by atoms with Gasteiger partial charge in [-0.2, -0.15) is 0 Å². The van der Waals surface area contributed by atoms with Crippen molar-refractivity contribution in [3.05, 3.63) is 84.5 Å². The molecule has 0 bridgehead atoms. The number of fused-ring (bicyclic) bond motifs is 2. The Morgan fingerprint density at radius 3 is 2.59 bits per heavy atom. The molecule has 0 amide bonds. The first-order valence-corrected chi connectivity index (χ1v) is 13.0. The molecule has 0 unspecified atom stereocenters. The Kier molecular flexibility index (Phi) is 6.88. The van der Waals surface area contributed by atoms with E-state index in [1.807, 2.05) is 62.4 Å². The summed E-state index contributed by atoms with van der Waals surface area (Å²) in [6, 6.07) is 12.3. The first-order valence-electron chi connectivity index (χ1n) is 12.2. The van der Waals surface area contributed by atoms with E-state index in [9.17, 15) is 9.59 Å². The molecule has 0 N–H and O–H groups in total. The number of benzene rings is 2. The van der Waals surface area contributed by atoms with Crippen molar-refractivity contribution in [1.82, 2.24) is 4.57 Å². The molecule has 0 saturated carbocycles. The predicted molar refractivity (Wildman–Crippen MR) is 140 cm³/mol. The summed E-state index contributed by atoms with van der Waals surface area (Å²) >= 11 is 1.28. The third-order valence-corrected chi connectivity index (χ3v) is 6.93. The lowest BCUT2D eigenvalue weighted by atomic mass is 9.96. The van der Waals surface area contributed by atoms with Crippen LogP contribution in [-0.2, 0) is 9.53 Å². The minimum atomic E-state index is -0.675. The van der Waals surface area contributed by atoms with Crippen molar-refractivity contribution in [2.75, 3.05) is 19.8 Å². The number of carbonyl (C=O) groups is 1. The summed E-state index contributed by atoms with van der Waals surface area (Å²) in [6.45, 7) is 8.65. The second-order valence-corrected chi connectivity index (χ2v) is 9.95. The highest BCUT2D eigenvalue weighted by Gasteiger charge is 2.33. The lowest BCUT2D eigenvalue weighted by Gasteiger charge is -2.25. The number of rotatable bonds is 6. The van der Waals surface area contributed by atoms with Gasteiger partial charge < -0.3 is 18.9 Å². The number of carbonyl (C=O) groups excluding carboxylic acids is 1. The Hall–Kier alpha value is -3.85. The molecule has 2 aromatic carbocycles. The molecule has 192 valence electrons. The van der Waals surface area contributed by atoms with E-state index in [0.717, 1.165) is 11.1 Å². The van der Waals surface area contributed by atoms with Crippen LogP contribution in [0.25, 0.3) is 6.08 Å². The highest BCUT2D eigenvalue weighted by Crippen LogP contribution is 2.32. The van der Waals surface area contributed by atoms with Crippen LogP contribution in [0.4, 0.5) is 0 Å². The maximum atomic E-state index is 13.8. The second-order valence-electron chi connectivity index (χ2n) is 8.94. The second kappa shape index (κ2) is 10.3. The Labute approximate surface area is 218 Å². The van der Waals surface area contributed by atoms with E-state index in [2.05, 4.69) is 4.99 Å². The quantitative estimate of drug-likeness (QED) is 0.463. The molecule has 5 rings (SSSR count). The van der Waals surface area contributed by atoms with Gasteiger partial charge in [0.25, 0.3) is 5.56 Å². The summed E-state index contributed by atoms with van der Waals surface area (Å²) in [7, 11) is 0. The molecule has 2 aliphatic rings. The molecule has 0 aliphatic carbocycles. The molecule has 0 fully saturated rings. The zero-order valence-electron chi connectivity index (χ0n) is 21.1. The largest absolute Gasteiger partial charge is 0.491 e. The van der Waals surface area contributed by atoms with E-state index in [-0.39, 0.29) is 18.3 Å². The third kappa shape index (κ3) is 4.91. The van der Waals surface area contributed by atoms with Crippen molar-refractivity contribution in [3.63, 3.8) is 0 Å². The van der Waals surface area contributed by atoms with Crippen LogP contribution in [0.5, 0.6) is 17.2 Å². The van der Waals surface area contributed by atoms with Gasteiger partial charge in [-0.3, -0.25) is 9.36 Å². The summed E-state index contributed by atoms with van der Waals surface area (Å²) in [5.41, 5.74) is 2.21. The van der Waals surface area contributed by atoms with Crippen molar-refractivity contribution in [2.24, 2.45) is 4.99 Å². The van der Waals surface area contributed by atoms with Crippen molar-refractivity contribution >= 4 is 23.4 Å². The van der Waals surface area contributed by atoms with E-state index >= 15 is 0 Å². The van der Waals surface area contributed by atoms with Crippen molar-refractivity contribution < 1.29 is 23.7 Å². The summed E-state index contributed by atoms with van der Waals surface area (Å²) in [5, 5.41) is 0. The molecule has 3 heterocycles. The molecule has 0 saturated heterocycles. The SMILES string of the molecule is CCOC(=O)C1=C(C)N=c2s/c(=C\c3ccc4c(c3)OCCO4)c(=O)n2[C@@H]1c1ccc(OC(C)C)cc1. The lowest BCUT2D eigenvalue weighted by Crippen LogP contribution is -2.39. The first kappa shape index (κ1) is 24.8. The van der Waals surface area contributed by atoms with E-state index in [1.54, 1.807) is 18.4 Å². The number of hydrogen-bond donors (Lipinski definition) is 0. The average Bonchev–Trinajstić information content (AvgIpc) is 3.17. The van der Waals surface area contributed by atoms with Gasteiger partial charge in [-0.25, -0.2) is 9.79 Å². The van der Waals surface area contributed by atoms with Gasteiger partial charge in [-0.05, 0) is 69.2 Å². The smallest absolute Gasteiger partial charge is 0.338 e. The molecule has 2 aliphatic heterocycles. The number of allylic oxidation sites excluding steroid dienone is 1. The molecule has 0 radical (unpaired) electrons. The van der Waals surface area contributed by atoms with Crippen LogP contribution in [0.15, 0.2) is 63.5 Å². The average molecular weight is 521 g/mol. The number of aromatic nitrogens is 1. The zero-order valence-corrected chi connectivity index (χ0v) is 22.0. The molecular formula is C28H28N2O6S. The van der Waals surface area contributed by atoms with Crippen LogP contribution in [0, 0.1) is 0 Å². The summed E-state index contributed by atoms with van der Waals surface area (Å²) in [6.07, 6.45) is 1.84. The van der Waals surface area contributed by atoms with Crippen molar-refractivity contribution in [1.29, 1.82) is 0 Å². The minimum Gasteiger partial charge on any atom is -0.491 e. The molecule has 1 atom stereocenters. The number of nitrogens with zero attached hydrogens (tertiary/aromatic N) is 2. The number of ether oxygens (including phenoxy) is 4. The van der Waals surface area contributed by atoms with Crippen LogP contribution in [0.1, 0.15) is 44.9 Å². The van der Waals surface area contributed by atoms with Crippen LogP contribution in [-0.4, -0.2) is 36.5 Å². The van der Waals surface area contributed by atoms with Gasteiger partial charge in [0.1, 0.15) is 19.0 Å². The predicted octanol–water partition coefficient (Wildman–Crippen LogP) is 3.36. The highest BCUT2D eigenvalue weighted by molar-refractivity contribution is 7.07. The normalized spacial score (nSPS) is 16.9. The minimum absolute atomic E-state index is 0.0290. The van der Waals surface area contributed by atoms with Gasteiger partial charge in [0, 0.05) is 0 Å². The molecule has 8 nitrogen and oxygen atoms in total. The fourth-order valence-corrected chi connectivity index (χ4v) is 5.46. The highest BCUT2D eigenvalue weighted by atomic mass is 32.1. The standard InChI is InChI=1S/C28H28N2O6S/c1-5-33-27(32)24-17(4)29-28-30(25(24)19-7-9-20(10-8-19)36-16(2)3)26(31)23(37-28)15-18-6-11-21-22(14-18)35-13-12-34-21/h6-11,14-16,25H,5,12-13H2,1-4H3/b23-15-/t25-/m1/s1. The molecular weight excluding hydrogens is 492 g/mol. The van der Waals surface area contributed by atoms with E-state index < -0.39 is 12.0 Å².